The first-order valence-electron chi connectivity index (χ1n) is 11.6. The van der Waals surface area contributed by atoms with Gasteiger partial charge < -0.3 is 19.8 Å². The molecular weight excluding hydrogens is 463 g/mol. The lowest BCUT2D eigenvalue weighted by molar-refractivity contribution is -0.153. The van der Waals surface area contributed by atoms with Crippen LogP contribution in [0.4, 0.5) is 23.7 Å². The molecule has 2 aromatic rings. The maximum absolute atomic E-state index is 13.4. The summed E-state index contributed by atoms with van der Waals surface area (Å²) in [6, 6.07) is 8.39. The number of rotatable bonds is 6. The number of amides is 2. The van der Waals surface area contributed by atoms with E-state index in [1.54, 1.807) is 19.1 Å². The number of carbonyl (C=O) groups excluding carboxylic acids is 2. The van der Waals surface area contributed by atoms with E-state index in [-0.39, 0.29) is 23.6 Å². The second-order valence-corrected chi connectivity index (χ2v) is 8.68. The fraction of sp³-hybridized carbons (Fsp3) is 0.480. The van der Waals surface area contributed by atoms with Crippen LogP contribution < -0.4 is 10.6 Å². The van der Waals surface area contributed by atoms with Crippen molar-refractivity contribution < 1.29 is 31.9 Å². The first-order chi connectivity index (χ1) is 16.6. The zero-order valence-electron chi connectivity index (χ0n) is 20.0. The molecule has 0 atom stereocenters. The lowest BCUT2D eigenvalue weighted by Gasteiger charge is -2.29. The van der Waals surface area contributed by atoms with Crippen LogP contribution in [-0.2, 0) is 10.9 Å². The van der Waals surface area contributed by atoms with Crippen LogP contribution in [-0.4, -0.2) is 30.5 Å². The number of alkyl carbamates (subject to hydrolysis) is 1. The van der Waals surface area contributed by atoms with Crippen molar-refractivity contribution in [3.8, 4) is 0 Å². The number of hydrogen-bond donors (Lipinski definition) is 2. The molecule has 190 valence electrons. The van der Waals surface area contributed by atoms with Gasteiger partial charge in [-0.15, -0.1) is 0 Å². The quantitative estimate of drug-likeness (QED) is 0.377. The molecule has 1 heterocycles. The summed E-state index contributed by atoms with van der Waals surface area (Å²) in [6.45, 7) is 5.26. The molecule has 0 spiro atoms. The van der Waals surface area contributed by atoms with E-state index >= 15 is 0 Å². The van der Waals surface area contributed by atoms with Crippen molar-refractivity contribution in [2.24, 2.45) is 10.9 Å². The van der Waals surface area contributed by atoms with Gasteiger partial charge in [0.2, 0.25) is 5.76 Å². The number of nitrogens with zero attached hydrogens (tertiary/aromatic N) is 1. The molecule has 7 nitrogen and oxygen atoms in total. The van der Waals surface area contributed by atoms with Gasteiger partial charge in [0, 0.05) is 12.5 Å². The highest BCUT2D eigenvalue weighted by Crippen LogP contribution is 2.34. The predicted molar refractivity (Wildman–Crippen MR) is 125 cm³/mol. The van der Waals surface area contributed by atoms with E-state index in [9.17, 15) is 22.8 Å². The van der Waals surface area contributed by atoms with Gasteiger partial charge in [0.05, 0.1) is 17.9 Å². The van der Waals surface area contributed by atoms with Crippen molar-refractivity contribution in [3.63, 3.8) is 0 Å². The summed E-state index contributed by atoms with van der Waals surface area (Å²) in [5.74, 6) is -1.82. The third-order valence-corrected chi connectivity index (χ3v) is 5.91. The van der Waals surface area contributed by atoms with E-state index in [0.717, 1.165) is 37.3 Å². The van der Waals surface area contributed by atoms with E-state index in [2.05, 4.69) is 15.6 Å². The van der Waals surface area contributed by atoms with Crippen LogP contribution in [0.25, 0.3) is 0 Å². The Morgan fingerprint density at radius 3 is 2.46 bits per heavy atom. The van der Waals surface area contributed by atoms with Crippen LogP contribution in [0, 0.1) is 19.8 Å². The number of amidine groups is 1. The van der Waals surface area contributed by atoms with E-state index in [4.69, 9.17) is 9.15 Å². The molecule has 0 aliphatic heterocycles. The average Bonchev–Trinajstić information content (AvgIpc) is 3.19. The van der Waals surface area contributed by atoms with E-state index in [1.165, 1.54) is 6.92 Å². The lowest BCUT2D eigenvalue weighted by Crippen LogP contribution is -2.39. The number of halogens is 3. The van der Waals surface area contributed by atoms with E-state index in [0.29, 0.717) is 18.7 Å². The second-order valence-electron chi connectivity index (χ2n) is 8.68. The maximum Gasteiger partial charge on any atom is 0.450 e. The third kappa shape index (κ3) is 7.34. The zero-order chi connectivity index (χ0) is 25.6. The average molecular weight is 494 g/mol. The van der Waals surface area contributed by atoms with Crippen molar-refractivity contribution in [1.82, 2.24) is 10.6 Å². The van der Waals surface area contributed by atoms with Crippen LogP contribution in [0.15, 0.2) is 39.7 Å². The highest BCUT2D eigenvalue weighted by Gasteiger charge is 2.40. The topological polar surface area (TPSA) is 92.9 Å². The molecule has 1 aliphatic carbocycles. The number of alkyl halides is 3. The lowest BCUT2D eigenvalue weighted by atomic mass is 9.84. The first-order valence-corrected chi connectivity index (χ1v) is 11.6. The predicted octanol–water partition coefficient (Wildman–Crippen LogP) is 6.07. The molecule has 35 heavy (non-hydrogen) atoms. The Balaban J connectivity index is 1.76. The number of para-hydroxylation sites is 1. The SMILES string of the molecule is CCOC(=O)NC1CCC(CC(=Nc2ccccc2C)NC(=O)c2cc(C)oc2C(F)(F)F)CC1. The van der Waals surface area contributed by atoms with Gasteiger partial charge in [0.15, 0.2) is 0 Å². The molecule has 0 unspecified atom stereocenters. The summed E-state index contributed by atoms with van der Waals surface area (Å²) >= 11 is 0. The number of carbonyl (C=O) groups is 2. The molecule has 1 aromatic heterocycles. The van der Waals surface area contributed by atoms with Gasteiger partial charge in [-0.05, 0) is 70.1 Å². The van der Waals surface area contributed by atoms with Gasteiger partial charge in [0.1, 0.15) is 11.6 Å². The Morgan fingerprint density at radius 1 is 1.14 bits per heavy atom. The van der Waals surface area contributed by atoms with Gasteiger partial charge in [-0.2, -0.15) is 13.2 Å². The first kappa shape index (κ1) is 26.3. The number of aliphatic imine (C=N–C) groups is 1. The minimum Gasteiger partial charge on any atom is -0.456 e. The Bertz CT molecular complexity index is 1070. The van der Waals surface area contributed by atoms with Crippen molar-refractivity contribution in [1.29, 1.82) is 0 Å². The fourth-order valence-electron chi connectivity index (χ4n) is 4.17. The number of furan rings is 1. The standard InChI is InChI=1S/C25H30F3N3O4/c1-4-34-24(33)29-18-11-9-17(10-12-18)14-21(30-20-8-6-5-7-15(20)2)31-23(32)19-13-16(3)35-22(19)25(26,27)28/h5-8,13,17-18H,4,9-12,14H2,1-3H3,(H,29,33)(H,30,31,32). The Labute approximate surface area is 202 Å². The fourth-order valence-corrected chi connectivity index (χ4v) is 4.17. The summed E-state index contributed by atoms with van der Waals surface area (Å²) in [4.78, 5) is 29.1. The largest absolute Gasteiger partial charge is 0.456 e. The maximum atomic E-state index is 13.4. The highest BCUT2D eigenvalue weighted by molar-refractivity contribution is 6.07. The molecule has 3 rings (SSSR count). The molecule has 1 fully saturated rings. The normalized spacial score (nSPS) is 18.7. The minimum absolute atomic E-state index is 0.0000953. The van der Waals surface area contributed by atoms with Crippen molar-refractivity contribution >= 4 is 23.5 Å². The van der Waals surface area contributed by atoms with Crippen LogP contribution in [0.1, 0.15) is 66.5 Å². The van der Waals surface area contributed by atoms with Gasteiger partial charge in [-0.1, -0.05) is 18.2 Å². The Morgan fingerprint density at radius 2 is 1.83 bits per heavy atom. The molecule has 1 aromatic carbocycles. The number of benzene rings is 1. The van der Waals surface area contributed by atoms with Crippen molar-refractivity contribution in [3.05, 3.63) is 53.0 Å². The van der Waals surface area contributed by atoms with Crippen molar-refractivity contribution in [2.75, 3.05) is 6.61 Å². The zero-order valence-corrected chi connectivity index (χ0v) is 20.0. The van der Waals surface area contributed by atoms with Crippen LogP contribution >= 0.6 is 0 Å². The third-order valence-electron chi connectivity index (χ3n) is 5.91. The molecular formula is C25H30F3N3O4. The highest BCUT2D eigenvalue weighted by atomic mass is 19.4. The van der Waals surface area contributed by atoms with Crippen LogP contribution in [0.2, 0.25) is 0 Å². The van der Waals surface area contributed by atoms with Gasteiger partial charge in [0.25, 0.3) is 5.91 Å². The molecule has 2 N–H and O–H groups in total. The van der Waals surface area contributed by atoms with E-state index < -0.39 is 29.5 Å². The monoisotopic (exact) mass is 493 g/mol. The summed E-state index contributed by atoms with van der Waals surface area (Å²) in [5.41, 5.74) is 0.923. The summed E-state index contributed by atoms with van der Waals surface area (Å²) < 4.78 is 49.8. The second kappa shape index (κ2) is 11.4. The van der Waals surface area contributed by atoms with Gasteiger partial charge in [-0.25, -0.2) is 9.79 Å². The van der Waals surface area contributed by atoms with E-state index in [1.807, 2.05) is 19.1 Å². The Hall–Kier alpha value is -3.30. The number of aryl methyl sites for hydroxylation is 2. The summed E-state index contributed by atoms with van der Waals surface area (Å²) in [6.07, 6.45) is -1.87. The van der Waals surface area contributed by atoms with Gasteiger partial charge >= 0.3 is 12.3 Å². The summed E-state index contributed by atoms with van der Waals surface area (Å²) in [7, 11) is 0. The molecule has 0 bridgehead atoms. The molecule has 0 radical (unpaired) electrons. The summed E-state index contributed by atoms with van der Waals surface area (Å²) in [5, 5.41) is 5.44. The van der Waals surface area contributed by atoms with Crippen LogP contribution in [0.5, 0.6) is 0 Å². The van der Waals surface area contributed by atoms with Crippen molar-refractivity contribution in [2.45, 2.75) is 65.1 Å². The molecule has 2 amide bonds. The molecule has 1 aliphatic rings. The molecule has 1 saturated carbocycles. The smallest absolute Gasteiger partial charge is 0.450 e. The Kier molecular flexibility index (Phi) is 8.58. The number of hydrogen-bond acceptors (Lipinski definition) is 5. The minimum atomic E-state index is -4.79. The van der Waals surface area contributed by atoms with Crippen LogP contribution in [0.3, 0.4) is 0 Å². The molecule has 10 heteroatoms. The number of nitrogens with one attached hydrogen (secondary N) is 2. The number of ether oxygens (including phenoxy) is 1. The molecule has 0 saturated heterocycles. The van der Waals surface area contributed by atoms with Gasteiger partial charge in [-0.3, -0.25) is 4.79 Å².